The maximum atomic E-state index is 13.0. The Balaban J connectivity index is 0.00000192. The van der Waals surface area contributed by atoms with Gasteiger partial charge in [0, 0.05) is 18.5 Å². The van der Waals surface area contributed by atoms with Crippen molar-refractivity contribution in [1.82, 2.24) is 4.90 Å². The molecule has 4 heteroatoms. The number of hydrogen-bond donors (Lipinski definition) is 1. The number of nitrogens with zero attached hydrogens (tertiary/aromatic N) is 1. The molecule has 1 heterocycles. The minimum atomic E-state index is 0. The van der Waals surface area contributed by atoms with Crippen molar-refractivity contribution in [1.29, 1.82) is 0 Å². The van der Waals surface area contributed by atoms with Crippen molar-refractivity contribution in [3.8, 4) is 0 Å². The molecule has 23 heavy (non-hydrogen) atoms. The van der Waals surface area contributed by atoms with Gasteiger partial charge in [0.05, 0.1) is 6.04 Å². The van der Waals surface area contributed by atoms with Gasteiger partial charge in [0.1, 0.15) is 0 Å². The van der Waals surface area contributed by atoms with Gasteiger partial charge in [-0.2, -0.15) is 0 Å². The quantitative estimate of drug-likeness (QED) is 0.887. The van der Waals surface area contributed by atoms with Crippen LogP contribution in [0.1, 0.15) is 62.1 Å². The molecule has 1 aliphatic carbocycles. The molecule has 3 unspecified atom stereocenters. The summed E-state index contributed by atoms with van der Waals surface area (Å²) in [4.78, 5) is 15.2. The van der Waals surface area contributed by atoms with E-state index in [1.54, 1.807) is 0 Å². The Morgan fingerprint density at radius 1 is 1.17 bits per heavy atom. The minimum absolute atomic E-state index is 0. The summed E-state index contributed by atoms with van der Waals surface area (Å²) in [5.41, 5.74) is 8.60. The lowest BCUT2D eigenvalue weighted by atomic mass is 9.97. The first-order valence-electron chi connectivity index (χ1n) is 8.78. The van der Waals surface area contributed by atoms with E-state index in [0.29, 0.717) is 5.91 Å². The molecular formula is C19H29ClN2O. The van der Waals surface area contributed by atoms with E-state index >= 15 is 0 Å². The first-order valence-corrected chi connectivity index (χ1v) is 8.78. The zero-order chi connectivity index (χ0) is 15.5. The van der Waals surface area contributed by atoms with E-state index in [0.717, 1.165) is 38.6 Å². The van der Waals surface area contributed by atoms with Crippen LogP contribution in [0.15, 0.2) is 24.3 Å². The van der Waals surface area contributed by atoms with Crippen LogP contribution in [0.25, 0.3) is 0 Å². The Bertz CT molecular complexity index is 534. The van der Waals surface area contributed by atoms with Gasteiger partial charge >= 0.3 is 0 Å². The van der Waals surface area contributed by atoms with Crippen LogP contribution in [0.2, 0.25) is 0 Å². The molecule has 1 saturated carbocycles. The van der Waals surface area contributed by atoms with Gasteiger partial charge in [-0.25, -0.2) is 0 Å². The molecule has 1 aromatic rings. The number of carbonyl (C=O) groups excluding carboxylic acids is 1. The molecule has 3 rings (SSSR count). The topological polar surface area (TPSA) is 46.3 Å². The number of amides is 1. The molecule has 1 aromatic carbocycles. The fourth-order valence-electron chi connectivity index (χ4n) is 4.07. The third kappa shape index (κ3) is 4.27. The Morgan fingerprint density at radius 3 is 2.70 bits per heavy atom. The Labute approximate surface area is 146 Å². The van der Waals surface area contributed by atoms with Gasteiger partial charge in [-0.15, -0.1) is 12.4 Å². The molecule has 128 valence electrons. The first-order chi connectivity index (χ1) is 10.6. The Morgan fingerprint density at radius 2 is 2.00 bits per heavy atom. The van der Waals surface area contributed by atoms with Gasteiger partial charge in [0.15, 0.2) is 0 Å². The van der Waals surface area contributed by atoms with Crippen LogP contribution >= 0.6 is 12.4 Å². The molecule has 3 nitrogen and oxygen atoms in total. The molecule has 0 spiro atoms. The lowest BCUT2D eigenvalue weighted by Crippen LogP contribution is -2.38. The Hall–Kier alpha value is -1.06. The van der Waals surface area contributed by atoms with Crippen LogP contribution in [-0.2, 0) is 4.79 Å². The molecule has 3 atom stereocenters. The van der Waals surface area contributed by atoms with Gasteiger partial charge in [-0.05, 0) is 44.6 Å². The molecule has 0 bridgehead atoms. The second kappa shape index (κ2) is 8.16. The molecule has 1 aliphatic heterocycles. The van der Waals surface area contributed by atoms with Gasteiger partial charge in [-0.3, -0.25) is 4.79 Å². The van der Waals surface area contributed by atoms with E-state index in [4.69, 9.17) is 5.73 Å². The molecule has 1 amide bonds. The lowest BCUT2D eigenvalue weighted by Gasteiger charge is -2.33. The molecule has 0 radical (unpaired) electrons. The van der Waals surface area contributed by atoms with Crippen molar-refractivity contribution in [2.75, 3.05) is 6.54 Å². The van der Waals surface area contributed by atoms with Gasteiger partial charge in [-0.1, -0.05) is 42.7 Å². The summed E-state index contributed by atoms with van der Waals surface area (Å²) in [6, 6.07) is 9.15. The van der Waals surface area contributed by atoms with Crippen LogP contribution in [0.4, 0.5) is 0 Å². The van der Waals surface area contributed by atoms with E-state index in [-0.39, 0.29) is 30.4 Å². The maximum absolute atomic E-state index is 13.0. The van der Waals surface area contributed by atoms with Crippen molar-refractivity contribution >= 4 is 18.3 Å². The molecule has 1 saturated heterocycles. The molecular weight excluding hydrogens is 308 g/mol. The summed E-state index contributed by atoms with van der Waals surface area (Å²) in [6.45, 7) is 3.03. The van der Waals surface area contributed by atoms with Crippen molar-refractivity contribution < 1.29 is 4.79 Å². The normalized spacial score (nSPS) is 28.1. The lowest BCUT2D eigenvalue weighted by molar-refractivity contribution is -0.137. The fourth-order valence-corrected chi connectivity index (χ4v) is 4.07. The largest absolute Gasteiger partial charge is 0.335 e. The zero-order valence-corrected chi connectivity index (χ0v) is 14.9. The standard InChI is InChI=1S/C19H28N2O.ClH/c1-14-6-5-7-15(12-14)18-8-3-2-4-11-21(18)19(22)16-9-10-17(20)13-16;/h5-7,12,16-18H,2-4,8-11,13,20H2,1H3;1H. The fraction of sp³-hybridized carbons (Fsp3) is 0.632. The van der Waals surface area contributed by atoms with Crippen molar-refractivity contribution in [2.45, 2.75) is 64.0 Å². The number of likely N-dealkylation sites (tertiary alicyclic amines) is 1. The number of halogens is 1. The van der Waals surface area contributed by atoms with Crippen LogP contribution < -0.4 is 5.73 Å². The maximum Gasteiger partial charge on any atom is 0.226 e. The second-order valence-electron chi connectivity index (χ2n) is 7.08. The summed E-state index contributed by atoms with van der Waals surface area (Å²) in [6.07, 6.45) is 7.51. The highest BCUT2D eigenvalue weighted by Gasteiger charge is 2.34. The van der Waals surface area contributed by atoms with Gasteiger partial charge in [0.25, 0.3) is 0 Å². The average molecular weight is 337 g/mol. The van der Waals surface area contributed by atoms with Crippen LogP contribution in [-0.4, -0.2) is 23.4 Å². The minimum Gasteiger partial charge on any atom is -0.335 e. The van der Waals surface area contributed by atoms with E-state index in [1.165, 1.54) is 24.0 Å². The SMILES string of the molecule is Cc1cccc(C2CCCCCN2C(=O)C2CCC(N)C2)c1.Cl. The summed E-state index contributed by atoms with van der Waals surface area (Å²) in [5.74, 6) is 0.502. The van der Waals surface area contributed by atoms with Crippen molar-refractivity contribution in [3.05, 3.63) is 35.4 Å². The summed E-state index contributed by atoms with van der Waals surface area (Å²) in [5, 5.41) is 0. The van der Waals surface area contributed by atoms with Gasteiger partial charge in [0.2, 0.25) is 5.91 Å². The second-order valence-corrected chi connectivity index (χ2v) is 7.08. The summed E-state index contributed by atoms with van der Waals surface area (Å²) < 4.78 is 0. The number of benzene rings is 1. The van der Waals surface area contributed by atoms with E-state index in [2.05, 4.69) is 36.1 Å². The zero-order valence-electron chi connectivity index (χ0n) is 14.0. The van der Waals surface area contributed by atoms with E-state index < -0.39 is 0 Å². The smallest absolute Gasteiger partial charge is 0.226 e. The average Bonchev–Trinajstić information content (AvgIpc) is 2.80. The molecule has 2 N–H and O–H groups in total. The third-order valence-electron chi connectivity index (χ3n) is 5.29. The van der Waals surface area contributed by atoms with E-state index in [1.807, 2.05) is 0 Å². The summed E-state index contributed by atoms with van der Waals surface area (Å²) >= 11 is 0. The molecule has 0 aromatic heterocycles. The number of hydrogen-bond acceptors (Lipinski definition) is 2. The van der Waals surface area contributed by atoms with Crippen LogP contribution in [0.3, 0.4) is 0 Å². The van der Waals surface area contributed by atoms with Crippen molar-refractivity contribution in [3.63, 3.8) is 0 Å². The van der Waals surface area contributed by atoms with Crippen LogP contribution in [0, 0.1) is 12.8 Å². The number of carbonyl (C=O) groups is 1. The van der Waals surface area contributed by atoms with Crippen LogP contribution in [0.5, 0.6) is 0 Å². The molecule has 2 fully saturated rings. The third-order valence-corrected chi connectivity index (χ3v) is 5.29. The number of nitrogens with two attached hydrogens (primary N) is 1. The van der Waals surface area contributed by atoms with Gasteiger partial charge < -0.3 is 10.6 Å². The first kappa shape index (κ1) is 18.3. The molecule has 2 aliphatic rings. The number of aryl methyl sites for hydroxylation is 1. The highest BCUT2D eigenvalue weighted by molar-refractivity contribution is 5.85. The monoisotopic (exact) mass is 336 g/mol. The highest BCUT2D eigenvalue weighted by atomic mass is 35.5. The highest BCUT2D eigenvalue weighted by Crippen LogP contribution is 2.34. The predicted octanol–water partition coefficient (Wildman–Crippen LogP) is 3.99. The number of rotatable bonds is 2. The van der Waals surface area contributed by atoms with E-state index in [9.17, 15) is 4.79 Å². The predicted molar refractivity (Wildman–Crippen MR) is 96.7 cm³/mol. The Kier molecular flexibility index (Phi) is 6.49. The van der Waals surface area contributed by atoms with Crippen molar-refractivity contribution in [2.24, 2.45) is 11.7 Å². The summed E-state index contributed by atoms with van der Waals surface area (Å²) in [7, 11) is 0.